The highest BCUT2D eigenvalue weighted by Gasteiger charge is 2.46. The van der Waals surface area contributed by atoms with Gasteiger partial charge in [0.15, 0.2) is 23.2 Å². The predicted molar refractivity (Wildman–Crippen MR) is 150 cm³/mol. The van der Waals surface area contributed by atoms with Crippen LogP contribution in [0.4, 0.5) is 5.82 Å². The molecule has 4 N–H and O–H groups in total. The number of aliphatic hydroxyl groups is 2. The number of hydrogen-bond acceptors (Lipinski definition) is 10. The zero-order valence-electron chi connectivity index (χ0n) is 22.4. The van der Waals surface area contributed by atoms with Gasteiger partial charge in [0.25, 0.3) is 5.91 Å². The van der Waals surface area contributed by atoms with E-state index in [0.29, 0.717) is 28.2 Å². The van der Waals surface area contributed by atoms with Crippen molar-refractivity contribution in [3.05, 3.63) is 84.6 Å². The molecule has 41 heavy (non-hydrogen) atoms. The number of benzene rings is 2. The molecule has 0 bridgehead atoms. The van der Waals surface area contributed by atoms with Crippen molar-refractivity contribution in [1.29, 1.82) is 0 Å². The van der Waals surface area contributed by atoms with Crippen molar-refractivity contribution in [3.63, 3.8) is 0 Å². The topological polar surface area (TPSA) is 157 Å². The molecule has 12 nitrogen and oxygen atoms in total. The number of methoxy groups -OCH3 is 1. The molecule has 2 aromatic carbocycles. The van der Waals surface area contributed by atoms with E-state index in [9.17, 15) is 15.0 Å². The third-order valence-electron chi connectivity index (χ3n) is 7.26. The average Bonchev–Trinajstić information content (AvgIpc) is 3.58. The molecule has 1 aliphatic rings. The number of carbonyl (C=O) groups excluding carboxylic acids is 1. The number of pyridine rings is 1. The summed E-state index contributed by atoms with van der Waals surface area (Å²) in [5.74, 6) is 0.481. The van der Waals surface area contributed by atoms with E-state index < -0.39 is 37.0 Å². The Balaban J connectivity index is 1.31. The van der Waals surface area contributed by atoms with E-state index >= 15 is 0 Å². The highest BCUT2D eigenvalue weighted by molar-refractivity contribution is 5.97. The van der Waals surface area contributed by atoms with Crippen molar-refractivity contribution in [2.24, 2.45) is 0 Å². The number of aromatic nitrogens is 5. The molecule has 0 unspecified atom stereocenters. The lowest BCUT2D eigenvalue weighted by molar-refractivity contribution is -0.0440. The second-order valence-corrected chi connectivity index (χ2v) is 9.79. The van der Waals surface area contributed by atoms with Crippen LogP contribution in [0, 0.1) is 0 Å². The number of imidazole rings is 1. The van der Waals surface area contributed by atoms with Crippen LogP contribution < -0.4 is 15.4 Å². The smallest absolute Gasteiger partial charge is 0.270 e. The van der Waals surface area contributed by atoms with Crippen LogP contribution in [0.5, 0.6) is 5.75 Å². The largest absolute Gasteiger partial charge is 0.496 e. The van der Waals surface area contributed by atoms with E-state index in [-0.39, 0.29) is 11.7 Å². The van der Waals surface area contributed by atoms with E-state index in [0.717, 1.165) is 10.9 Å². The van der Waals surface area contributed by atoms with Gasteiger partial charge >= 0.3 is 0 Å². The summed E-state index contributed by atoms with van der Waals surface area (Å²) in [7, 11) is 1.52. The lowest BCUT2D eigenvalue weighted by Gasteiger charge is -2.23. The summed E-state index contributed by atoms with van der Waals surface area (Å²) in [6.45, 7) is 1.57. The van der Waals surface area contributed by atoms with Crippen molar-refractivity contribution in [2.75, 3.05) is 19.0 Å². The first-order valence-corrected chi connectivity index (χ1v) is 13.2. The van der Waals surface area contributed by atoms with Gasteiger partial charge < -0.3 is 30.3 Å². The molecule has 5 atom stereocenters. The zero-order chi connectivity index (χ0) is 28.5. The van der Waals surface area contributed by atoms with Gasteiger partial charge in [0.05, 0.1) is 31.6 Å². The molecular weight excluding hydrogens is 526 g/mol. The molecule has 1 aliphatic heterocycles. The van der Waals surface area contributed by atoms with Gasteiger partial charge in [-0.25, -0.2) is 19.9 Å². The monoisotopic (exact) mass is 555 g/mol. The number of ether oxygens (including phenoxy) is 2. The van der Waals surface area contributed by atoms with Crippen LogP contribution in [0.3, 0.4) is 0 Å². The number of rotatable bonds is 8. The summed E-state index contributed by atoms with van der Waals surface area (Å²) in [5, 5.41) is 27.9. The van der Waals surface area contributed by atoms with E-state index in [1.54, 1.807) is 16.7 Å². The standard InChI is InChI=1S/C29H29N7O5/c1-16(17-8-4-3-5-9-17)33-26-24-27(31-14-30-26)36(15-32-24)29-23(25(38)22(13-37)41-29)35-28(39)20-12-21(40-2)18-10-6-7-11-19(18)34-20/h3-12,14-16,22-23,25,29,37-38H,13H2,1-2H3,(H,35,39)(H,30,31,33)/t16-,22-,23-,25-,29-/m1/s1. The fourth-order valence-corrected chi connectivity index (χ4v) is 5.12. The summed E-state index contributed by atoms with van der Waals surface area (Å²) in [5.41, 5.74) is 2.70. The van der Waals surface area contributed by atoms with Crippen LogP contribution in [-0.4, -0.2) is 72.6 Å². The van der Waals surface area contributed by atoms with Crippen molar-refractivity contribution in [2.45, 2.75) is 37.4 Å². The van der Waals surface area contributed by atoms with E-state index in [2.05, 4.69) is 30.6 Å². The molecular formula is C29H29N7O5. The number of para-hydroxylation sites is 1. The van der Waals surface area contributed by atoms with Crippen LogP contribution >= 0.6 is 0 Å². The summed E-state index contributed by atoms with van der Waals surface area (Å²) < 4.78 is 13.1. The number of nitrogens with zero attached hydrogens (tertiary/aromatic N) is 5. The molecule has 0 saturated carbocycles. The Morgan fingerprint density at radius 2 is 1.90 bits per heavy atom. The summed E-state index contributed by atoms with van der Waals surface area (Å²) in [4.78, 5) is 31.2. The van der Waals surface area contributed by atoms with Gasteiger partial charge in [0.1, 0.15) is 36.0 Å². The fraction of sp³-hybridized carbons (Fsp3) is 0.276. The molecule has 1 fully saturated rings. The van der Waals surface area contributed by atoms with Crippen LogP contribution in [0.1, 0.15) is 35.2 Å². The van der Waals surface area contributed by atoms with Crippen LogP contribution in [-0.2, 0) is 4.74 Å². The van der Waals surface area contributed by atoms with Crippen LogP contribution in [0.15, 0.2) is 73.3 Å². The molecule has 1 saturated heterocycles. The molecule has 3 aromatic heterocycles. The third kappa shape index (κ3) is 4.92. The Labute approximate surface area is 235 Å². The molecule has 0 aliphatic carbocycles. The SMILES string of the molecule is COc1cc(C(=O)N[C@@H]2[C@H](O)[C@@H](CO)O[C@H]2n2cnc3c(N[C@H](C)c4ccccc4)ncnc32)nc2ccccc12. The van der Waals surface area contributed by atoms with Gasteiger partial charge in [-0.2, -0.15) is 0 Å². The van der Waals surface area contributed by atoms with Gasteiger partial charge in [0.2, 0.25) is 0 Å². The number of nitrogens with one attached hydrogen (secondary N) is 2. The van der Waals surface area contributed by atoms with E-state index in [4.69, 9.17) is 9.47 Å². The second-order valence-electron chi connectivity index (χ2n) is 9.79. The number of anilines is 1. The molecule has 5 aromatic rings. The van der Waals surface area contributed by atoms with E-state index in [1.807, 2.05) is 55.5 Å². The quantitative estimate of drug-likeness (QED) is 0.224. The van der Waals surface area contributed by atoms with Crippen molar-refractivity contribution in [3.8, 4) is 5.75 Å². The minimum absolute atomic E-state index is 0.0544. The number of amides is 1. The Hall–Kier alpha value is -4.65. The predicted octanol–water partition coefficient (Wildman–Crippen LogP) is 2.61. The first-order chi connectivity index (χ1) is 20.0. The maximum absolute atomic E-state index is 13.4. The Bertz CT molecular complexity index is 1700. The van der Waals surface area contributed by atoms with Gasteiger partial charge in [-0.3, -0.25) is 9.36 Å². The van der Waals surface area contributed by atoms with Crippen molar-refractivity contribution >= 4 is 33.8 Å². The summed E-state index contributed by atoms with van der Waals surface area (Å²) in [6.07, 6.45) is -0.155. The Kier molecular flexibility index (Phi) is 7.18. The molecule has 210 valence electrons. The lowest BCUT2D eigenvalue weighted by atomic mass is 10.1. The molecule has 4 heterocycles. The van der Waals surface area contributed by atoms with Crippen molar-refractivity contribution < 1.29 is 24.5 Å². The zero-order valence-corrected chi connectivity index (χ0v) is 22.4. The van der Waals surface area contributed by atoms with Crippen LogP contribution in [0.2, 0.25) is 0 Å². The molecule has 6 rings (SSSR count). The van der Waals surface area contributed by atoms with Gasteiger partial charge in [-0.1, -0.05) is 42.5 Å². The highest BCUT2D eigenvalue weighted by Crippen LogP contribution is 2.33. The third-order valence-corrected chi connectivity index (χ3v) is 7.26. The Morgan fingerprint density at radius 1 is 1.12 bits per heavy atom. The minimum atomic E-state index is -1.22. The number of hydrogen-bond donors (Lipinski definition) is 4. The minimum Gasteiger partial charge on any atom is -0.496 e. The molecule has 1 amide bonds. The first-order valence-electron chi connectivity index (χ1n) is 13.2. The Morgan fingerprint density at radius 3 is 2.68 bits per heavy atom. The maximum atomic E-state index is 13.4. The average molecular weight is 556 g/mol. The number of fused-ring (bicyclic) bond motifs is 2. The van der Waals surface area contributed by atoms with Crippen LogP contribution in [0.25, 0.3) is 22.1 Å². The second kappa shape index (κ2) is 11.1. The number of carbonyl (C=O) groups is 1. The van der Waals surface area contributed by atoms with Gasteiger partial charge in [-0.05, 0) is 24.6 Å². The van der Waals surface area contributed by atoms with Gasteiger partial charge in [0, 0.05) is 11.5 Å². The summed E-state index contributed by atoms with van der Waals surface area (Å²) >= 11 is 0. The highest BCUT2D eigenvalue weighted by atomic mass is 16.5. The normalized spacial score (nSPS) is 21.2. The molecule has 0 spiro atoms. The fourth-order valence-electron chi connectivity index (χ4n) is 5.12. The summed E-state index contributed by atoms with van der Waals surface area (Å²) in [6, 6.07) is 17.8. The number of aliphatic hydroxyl groups excluding tert-OH is 2. The first kappa shape index (κ1) is 26.6. The maximum Gasteiger partial charge on any atom is 0.270 e. The van der Waals surface area contributed by atoms with E-state index in [1.165, 1.54) is 19.8 Å². The molecule has 12 heteroatoms. The van der Waals surface area contributed by atoms with Gasteiger partial charge in [-0.15, -0.1) is 0 Å². The van der Waals surface area contributed by atoms with Crippen molar-refractivity contribution in [1.82, 2.24) is 29.8 Å². The lowest BCUT2D eigenvalue weighted by Crippen LogP contribution is -2.47. The molecule has 0 radical (unpaired) electrons.